The van der Waals surface area contributed by atoms with Crippen molar-refractivity contribution < 1.29 is 13.9 Å². The van der Waals surface area contributed by atoms with E-state index in [0.717, 1.165) is 24.2 Å². The molecule has 1 aliphatic heterocycles. The molecule has 1 fully saturated rings. The Labute approximate surface area is 195 Å². The zero-order chi connectivity index (χ0) is 20.7. The van der Waals surface area contributed by atoms with Gasteiger partial charge in [-0.3, -0.25) is 4.99 Å². The summed E-state index contributed by atoms with van der Waals surface area (Å²) in [5, 5.41) is 6.74. The molecular formula is C23H31FIN3O2. The first-order chi connectivity index (χ1) is 14.1. The van der Waals surface area contributed by atoms with E-state index in [0.29, 0.717) is 32.3 Å². The average Bonchev–Trinajstić information content (AvgIpc) is 2.74. The van der Waals surface area contributed by atoms with Crippen molar-refractivity contribution in [2.75, 3.05) is 33.9 Å². The molecule has 0 spiro atoms. The molecule has 0 unspecified atom stereocenters. The average molecular weight is 527 g/mol. The van der Waals surface area contributed by atoms with Crippen LogP contribution in [0.25, 0.3) is 0 Å². The standard InChI is InChI=1S/C23H30FN3O2.HI/c1-17-7-8-21(28-3)20(13-17)23(9-11-29-12-10-23)16-27-22(25-2)26-15-18-5-4-6-19(24)14-18;/h4-8,13-14H,9-12,15-16H2,1-3H3,(H2,25,26,27);1H. The third kappa shape index (κ3) is 6.07. The van der Waals surface area contributed by atoms with E-state index in [4.69, 9.17) is 9.47 Å². The molecular weight excluding hydrogens is 496 g/mol. The molecule has 5 nitrogen and oxygen atoms in total. The van der Waals surface area contributed by atoms with E-state index in [9.17, 15) is 4.39 Å². The number of nitrogens with one attached hydrogen (secondary N) is 2. The van der Waals surface area contributed by atoms with Gasteiger partial charge >= 0.3 is 0 Å². The maximum absolute atomic E-state index is 13.4. The Morgan fingerprint density at radius 1 is 1.17 bits per heavy atom. The van der Waals surface area contributed by atoms with Gasteiger partial charge in [-0.1, -0.05) is 29.8 Å². The van der Waals surface area contributed by atoms with E-state index < -0.39 is 0 Å². The van der Waals surface area contributed by atoms with Gasteiger partial charge < -0.3 is 20.1 Å². The molecule has 2 aromatic carbocycles. The van der Waals surface area contributed by atoms with Crippen LogP contribution in [0.4, 0.5) is 4.39 Å². The molecule has 2 N–H and O–H groups in total. The van der Waals surface area contributed by atoms with E-state index in [2.05, 4.69) is 34.7 Å². The Hall–Kier alpha value is -1.87. The lowest BCUT2D eigenvalue weighted by atomic mass is 9.73. The van der Waals surface area contributed by atoms with Gasteiger partial charge in [0.1, 0.15) is 11.6 Å². The zero-order valence-corrected chi connectivity index (χ0v) is 20.2. The maximum Gasteiger partial charge on any atom is 0.191 e. The smallest absolute Gasteiger partial charge is 0.191 e. The van der Waals surface area contributed by atoms with Crippen LogP contribution in [0.2, 0.25) is 0 Å². The van der Waals surface area contributed by atoms with Gasteiger partial charge in [0.15, 0.2) is 5.96 Å². The van der Waals surface area contributed by atoms with Crippen LogP contribution in [0, 0.1) is 12.7 Å². The summed E-state index contributed by atoms with van der Waals surface area (Å²) in [5.74, 6) is 1.36. The highest BCUT2D eigenvalue weighted by Gasteiger charge is 2.37. The van der Waals surface area contributed by atoms with Gasteiger partial charge in [0, 0.05) is 44.3 Å². The predicted octanol–water partition coefficient (Wildman–Crippen LogP) is 4.17. The summed E-state index contributed by atoms with van der Waals surface area (Å²) < 4.78 is 24.7. The third-order valence-corrected chi connectivity index (χ3v) is 5.54. The summed E-state index contributed by atoms with van der Waals surface area (Å²) in [5.41, 5.74) is 3.18. The number of methoxy groups -OCH3 is 1. The van der Waals surface area contributed by atoms with Crippen LogP contribution in [0.5, 0.6) is 5.75 Å². The van der Waals surface area contributed by atoms with Crippen molar-refractivity contribution in [3.8, 4) is 5.75 Å². The zero-order valence-electron chi connectivity index (χ0n) is 17.8. The van der Waals surface area contributed by atoms with Gasteiger partial charge in [-0.15, -0.1) is 24.0 Å². The van der Waals surface area contributed by atoms with Crippen molar-refractivity contribution in [1.82, 2.24) is 10.6 Å². The second kappa shape index (κ2) is 11.5. The topological polar surface area (TPSA) is 54.9 Å². The molecule has 1 aliphatic rings. The monoisotopic (exact) mass is 527 g/mol. The highest BCUT2D eigenvalue weighted by Crippen LogP contribution is 2.40. The van der Waals surface area contributed by atoms with Crippen molar-refractivity contribution >= 4 is 29.9 Å². The van der Waals surface area contributed by atoms with E-state index in [1.807, 2.05) is 12.1 Å². The first kappa shape index (κ1) is 24.4. The SMILES string of the molecule is CN=C(NCc1cccc(F)c1)NCC1(c2cc(C)ccc2OC)CCOCC1.I. The van der Waals surface area contributed by atoms with Crippen LogP contribution < -0.4 is 15.4 Å². The van der Waals surface area contributed by atoms with Gasteiger partial charge in [0.2, 0.25) is 0 Å². The summed E-state index contributed by atoms with van der Waals surface area (Å²) in [6.45, 7) is 4.74. The number of nitrogens with zero attached hydrogens (tertiary/aromatic N) is 1. The fourth-order valence-corrected chi connectivity index (χ4v) is 3.85. The predicted molar refractivity (Wildman–Crippen MR) is 129 cm³/mol. The molecule has 1 heterocycles. The van der Waals surface area contributed by atoms with Gasteiger partial charge in [-0.25, -0.2) is 4.39 Å². The van der Waals surface area contributed by atoms with E-state index >= 15 is 0 Å². The molecule has 1 saturated heterocycles. The molecule has 0 aliphatic carbocycles. The number of guanidine groups is 1. The summed E-state index contributed by atoms with van der Waals surface area (Å²) in [4.78, 5) is 4.33. The molecule has 0 bridgehead atoms. The maximum atomic E-state index is 13.4. The lowest BCUT2D eigenvalue weighted by Gasteiger charge is -2.39. The number of aliphatic imine (C=N–C) groups is 1. The summed E-state index contributed by atoms with van der Waals surface area (Å²) in [6.07, 6.45) is 1.81. The van der Waals surface area contributed by atoms with E-state index in [-0.39, 0.29) is 35.2 Å². The second-order valence-corrected chi connectivity index (χ2v) is 7.51. The number of rotatable bonds is 6. The van der Waals surface area contributed by atoms with Crippen LogP contribution >= 0.6 is 24.0 Å². The number of aryl methyl sites for hydroxylation is 1. The normalized spacial score (nSPS) is 15.8. The molecule has 3 rings (SSSR count). The van der Waals surface area contributed by atoms with Gasteiger partial charge in [0.05, 0.1) is 7.11 Å². The fraction of sp³-hybridized carbons (Fsp3) is 0.435. The highest BCUT2D eigenvalue weighted by molar-refractivity contribution is 14.0. The van der Waals surface area contributed by atoms with Crippen molar-refractivity contribution in [2.45, 2.75) is 31.7 Å². The second-order valence-electron chi connectivity index (χ2n) is 7.51. The van der Waals surface area contributed by atoms with Crippen molar-refractivity contribution in [3.05, 3.63) is 65.0 Å². The number of hydrogen-bond acceptors (Lipinski definition) is 3. The number of benzene rings is 2. The van der Waals surface area contributed by atoms with Crippen LogP contribution in [0.15, 0.2) is 47.5 Å². The number of hydrogen-bond donors (Lipinski definition) is 2. The fourth-order valence-electron chi connectivity index (χ4n) is 3.85. The van der Waals surface area contributed by atoms with Gasteiger partial charge in [0.25, 0.3) is 0 Å². The van der Waals surface area contributed by atoms with Crippen LogP contribution in [-0.4, -0.2) is 39.9 Å². The minimum atomic E-state index is -0.236. The molecule has 2 aromatic rings. The van der Waals surface area contributed by atoms with Gasteiger partial charge in [-0.2, -0.15) is 0 Å². The lowest BCUT2D eigenvalue weighted by molar-refractivity contribution is 0.0505. The summed E-state index contributed by atoms with van der Waals surface area (Å²) in [7, 11) is 3.46. The summed E-state index contributed by atoms with van der Waals surface area (Å²) in [6, 6.07) is 12.9. The third-order valence-electron chi connectivity index (χ3n) is 5.54. The molecule has 0 atom stereocenters. The quantitative estimate of drug-likeness (QED) is 0.337. The molecule has 164 valence electrons. The minimum Gasteiger partial charge on any atom is -0.496 e. The summed E-state index contributed by atoms with van der Waals surface area (Å²) >= 11 is 0. The Bertz CT molecular complexity index is 854. The number of ether oxygens (including phenoxy) is 2. The first-order valence-electron chi connectivity index (χ1n) is 9.98. The molecule has 7 heteroatoms. The molecule has 30 heavy (non-hydrogen) atoms. The van der Waals surface area contributed by atoms with Crippen LogP contribution in [0.1, 0.15) is 29.5 Å². The van der Waals surface area contributed by atoms with Gasteiger partial charge in [-0.05, 0) is 43.5 Å². The Morgan fingerprint density at radius 3 is 2.60 bits per heavy atom. The highest BCUT2D eigenvalue weighted by atomic mass is 127. The first-order valence-corrected chi connectivity index (χ1v) is 9.98. The minimum absolute atomic E-state index is 0. The molecule has 0 saturated carbocycles. The Morgan fingerprint density at radius 2 is 1.93 bits per heavy atom. The Kier molecular flexibility index (Phi) is 9.36. The van der Waals surface area contributed by atoms with Crippen LogP contribution in [0.3, 0.4) is 0 Å². The number of halogens is 2. The van der Waals surface area contributed by atoms with E-state index in [1.165, 1.54) is 23.3 Å². The largest absolute Gasteiger partial charge is 0.496 e. The van der Waals surface area contributed by atoms with E-state index in [1.54, 1.807) is 20.2 Å². The van der Waals surface area contributed by atoms with Crippen molar-refractivity contribution in [1.29, 1.82) is 0 Å². The van der Waals surface area contributed by atoms with Crippen molar-refractivity contribution in [3.63, 3.8) is 0 Å². The molecule has 0 aromatic heterocycles. The Balaban J connectivity index is 0.00000320. The molecule has 0 radical (unpaired) electrons. The molecule has 0 amide bonds. The lowest BCUT2D eigenvalue weighted by Crippen LogP contribution is -2.48. The van der Waals surface area contributed by atoms with Crippen LogP contribution in [-0.2, 0) is 16.7 Å². The van der Waals surface area contributed by atoms with Crippen molar-refractivity contribution in [2.24, 2.45) is 4.99 Å².